The molecule has 10 heavy (non-hydrogen) atoms. The van der Waals surface area contributed by atoms with Gasteiger partial charge in [-0.25, -0.2) is 0 Å². The molecule has 0 saturated carbocycles. The van der Waals surface area contributed by atoms with E-state index in [0.29, 0.717) is 5.66 Å². The van der Waals surface area contributed by atoms with Crippen molar-refractivity contribution in [2.45, 2.75) is 33.4 Å². The van der Waals surface area contributed by atoms with Gasteiger partial charge in [0, 0.05) is 5.66 Å². The standard InChI is InChI=1S/C9H15P/c1-5-6(2)8(4)9(10)7(5)3/h9H,10H2,1-4H3. The molecule has 0 saturated heterocycles. The Morgan fingerprint density at radius 3 is 1.30 bits per heavy atom. The molecule has 0 nitrogen and oxygen atoms in total. The lowest BCUT2D eigenvalue weighted by atomic mass is 10.1. The first kappa shape index (κ1) is 8.01. The van der Waals surface area contributed by atoms with E-state index in [1.165, 1.54) is 22.3 Å². The average molecular weight is 154 g/mol. The molecule has 1 unspecified atom stereocenters. The third-order valence-electron chi connectivity index (χ3n) is 2.68. The molecule has 0 amide bonds. The SMILES string of the molecule is CC1=C(C)C(P)C(C)=C1C. The summed E-state index contributed by atoms with van der Waals surface area (Å²) in [5, 5.41) is 0. The maximum atomic E-state index is 2.88. The molecular formula is C9H15P. The molecule has 0 aromatic carbocycles. The smallest absolute Gasteiger partial charge is 0.0158 e. The summed E-state index contributed by atoms with van der Waals surface area (Å²) < 4.78 is 0. The molecule has 56 valence electrons. The van der Waals surface area contributed by atoms with Crippen LogP contribution in [0, 0.1) is 0 Å². The summed E-state index contributed by atoms with van der Waals surface area (Å²) >= 11 is 0. The number of hydrogen-bond donors (Lipinski definition) is 0. The van der Waals surface area contributed by atoms with Crippen LogP contribution in [0.4, 0.5) is 0 Å². The van der Waals surface area contributed by atoms with Crippen molar-refractivity contribution in [2.75, 3.05) is 0 Å². The molecule has 0 radical (unpaired) electrons. The van der Waals surface area contributed by atoms with E-state index >= 15 is 0 Å². The quantitative estimate of drug-likeness (QED) is 0.470. The van der Waals surface area contributed by atoms with Crippen LogP contribution in [0.3, 0.4) is 0 Å². The molecular weight excluding hydrogens is 139 g/mol. The summed E-state index contributed by atoms with van der Waals surface area (Å²) in [7, 11) is 2.88. The van der Waals surface area contributed by atoms with Gasteiger partial charge in [-0.15, -0.1) is 9.24 Å². The summed E-state index contributed by atoms with van der Waals surface area (Å²) in [6, 6.07) is 0. The molecule has 0 N–H and O–H groups in total. The zero-order valence-electron chi connectivity index (χ0n) is 7.15. The molecule has 0 spiro atoms. The second-order valence-corrected chi connectivity index (χ2v) is 3.76. The number of allylic oxidation sites excluding steroid dienone is 4. The van der Waals surface area contributed by atoms with Crippen molar-refractivity contribution in [3.63, 3.8) is 0 Å². The minimum absolute atomic E-state index is 0.611. The maximum Gasteiger partial charge on any atom is 0.0158 e. The molecule has 0 aromatic rings. The van der Waals surface area contributed by atoms with Crippen LogP contribution < -0.4 is 0 Å². The van der Waals surface area contributed by atoms with Gasteiger partial charge in [0.1, 0.15) is 0 Å². The number of rotatable bonds is 0. The Hall–Kier alpha value is -0.0900. The first-order valence-electron chi connectivity index (χ1n) is 3.66. The summed E-state index contributed by atoms with van der Waals surface area (Å²) in [5.41, 5.74) is 6.61. The summed E-state index contributed by atoms with van der Waals surface area (Å²) in [6.45, 7) is 8.84. The predicted octanol–water partition coefficient (Wildman–Crippen LogP) is 2.92. The normalized spacial score (nSPS) is 21.3. The zero-order chi connectivity index (χ0) is 7.89. The van der Waals surface area contributed by atoms with Gasteiger partial charge in [0.15, 0.2) is 0 Å². The molecule has 0 bridgehead atoms. The molecule has 1 aliphatic carbocycles. The van der Waals surface area contributed by atoms with Crippen LogP contribution in [0.1, 0.15) is 27.7 Å². The van der Waals surface area contributed by atoms with Crippen LogP contribution in [0.5, 0.6) is 0 Å². The average Bonchev–Trinajstić information content (AvgIpc) is 2.07. The van der Waals surface area contributed by atoms with Crippen molar-refractivity contribution in [3.05, 3.63) is 22.3 Å². The lowest BCUT2D eigenvalue weighted by Gasteiger charge is -2.05. The van der Waals surface area contributed by atoms with Crippen molar-refractivity contribution >= 4 is 9.24 Å². The highest BCUT2D eigenvalue weighted by Gasteiger charge is 2.19. The first-order chi connectivity index (χ1) is 4.55. The molecule has 0 aromatic heterocycles. The van der Waals surface area contributed by atoms with Crippen LogP contribution in [0.2, 0.25) is 0 Å². The molecule has 0 fully saturated rings. The molecule has 1 aliphatic rings. The monoisotopic (exact) mass is 154 g/mol. The first-order valence-corrected chi connectivity index (χ1v) is 4.33. The Morgan fingerprint density at radius 1 is 0.900 bits per heavy atom. The van der Waals surface area contributed by atoms with Gasteiger partial charge in [0.25, 0.3) is 0 Å². The summed E-state index contributed by atoms with van der Waals surface area (Å²) in [4.78, 5) is 0. The van der Waals surface area contributed by atoms with Gasteiger partial charge in [0.05, 0.1) is 0 Å². The summed E-state index contributed by atoms with van der Waals surface area (Å²) in [6.07, 6.45) is 0. The van der Waals surface area contributed by atoms with E-state index in [1.807, 2.05) is 0 Å². The van der Waals surface area contributed by atoms with Gasteiger partial charge in [-0.1, -0.05) is 11.1 Å². The Kier molecular flexibility index (Phi) is 2.01. The summed E-state index contributed by atoms with van der Waals surface area (Å²) in [5.74, 6) is 0. The largest absolute Gasteiger partial charge is 0.126 e. The fourth-order valence-electron chi connectivity index (χ4n) is 1.38. The Morgan fingerprint density at radius 2 is 1.20 bits per heavy atom. The predicted molar refractivity (Wildman–Crippen MR) is 50.2 cm³/mol. The van der Waals surface area contributed by atoms with Crippen LogP contribution in [-0.2, 0) is 0 Å². The van der Waals surface area contributed by atoms with E-state index in [9.17, 15) is 0 Å². The van der Waals surface area contributed by atoms with Gasteiger partial charge in [-0.2, -0.15) is 0 Å². The van der Waals surface area contributed by atoms with Crippen molar-refractivity contribution in [3.8, 4) is 0 Å². The van der Waals surface area contributed by atoms with E-state index in [4.69, 9.17) is 0 Å². The highest BCUT2D eigenvalue weighted by atomic mass is 31.0. The highest BCUT2D eigenvalue weighted by Crippen LogP contribution is 2.35. The third-order valence-corrected chi connectivity index (χ3v) is 3.68. The van der Waals surface area contributed by atoms with Crippen molar-refractivity contribution in [1.82, 2.24) is 0 Å². The molecule has 0 aliphatic heterocycles. The fourth-order valence-corrected chi connectivity index (χ4v) is 1.88. The highest BCUT2D eigenvalue weighted by molar-refractivity contribution is 7.18. The van der Waals surface area contributed by atoms with Crippen molar-refractivity contribution < 1.29 is 0 Å². The second kappa shape index (κ2) is 2.51. The molecule has 1 heteroatoms. The zero-order valence-corrected chi connectivity index (χ0v) is 8.31. The maximum absolute atomic E-state index is 2.88. The van der Waals surface area contributed by atoms with Crippen LogP contribution >= 0.6 is 9.24 Å². The second-order valence-electron chi connectivity index (χ2n) is 3.09. The lowest BCUT2D eigenvalue weighted by molar-refractivity contribution is 1.16. The van der Waals surface area contributed by atoms with Gasteiger partial charge in [-0.3, -0.25) is 0 Å². The number of hydrogen-bond acceptors (Lipinski definition) is 0. The van der Waals surface area contributed by atoms with Crippen LogP contribution in [0.25, 0.3) is 0 Å². The Labute approximate surface area is 65.6 Å². The van der Waals surface area contributed by atoms with Crippen LogP contribution in [-0.4, -0.2) is 5.66 Å². The van der Waals surface area contributed by atoms with E-state index in [0.717, 1.165) is 0 Å². The Bertz CT molecular complexity index is 197. The van der Waals surface area contributed by atoms with E-state index in [1.54, 1.807) is 0 Å². The van der Waals surface area contributed by atoms with Crippen molar-refractivity contribution in [1.29, 1.82) is 0 Å². The minimum atomic E-state index is 0.611. The van der Waals surface area contributed by atoms with E-state index in [-0.39, 0.29) is 0 Å². The minimum Gasteiger partial charge on any atom is -0.126 e. The van der Waals surface area contributed by atoms with Gasteiger partial charge in [0.2, 0.25) is 0 Å². The van der Waals surface area contributed by atoms with Crippen molar-refractivity contribution in [2.24, 2.45) is 0 Å². The van der Waals surface area contributed by atoms with Gasteiger partial charge < -0.3 is 0 Å². The van der Waals surface area contributed by atoms with Gasteiger partial charge in [-0.05, 0) is 38.8 Å². The molecule has 0 heterocycles. The molecule has 1 rings (SSSR count). The van der Waals surface area contributed by atoms with E-state index in [2.05, 4.69) is 36.9 Å². The Balaban J connectivity index is 3.09. The molecule has 1 atom stereocenters. The lowest BCUT2D eigenvalue weighted by Crippen LogP contribution is -1.95. The van der Waals surface area contributed by atoms with Crippen LogP contribution in [0.15, 0.2) is 22.3 Å². The van der Waals surface area contributed by atoms with Gasteiger partial charge >= 0.3 is 0 Å². The topological polar surface area (TPSA) is 0 Å². The third kappa shape index (κ3) is 0.953. The fraction of sp³-hybridized carbons (Fsp3) is 0.556. The van der Waals surface area contributed by atoms with E-state index < -0.39 is 0 Å².